The van der Waals surface area contributed by atoms with Crippen LogP contribution in [0, 0.1) is 6.92 Å². The van der Waals surface area contributed by atoms with Gasteiger partial charge in [0.05, 0.1) is 20.0 Å². The number of piperazine rings is 1. The molecule has 0 bridgehead atoms. The van der Waals surface area contributed by atoms with Gasteiger partial charge < -0.3 is 19.1 Å². The normalized spacial score (nSPS) is 14.3. The van der Waals surface area contributed by atoms with Gasteiger partial charge in [-0.2, -0.15) is 0 Å². The number of hydrogen-bond donors (Lipinski definition) is 0. The van der Waals surface area contributed by atoms with E-state index in [-0.39, 0.29) is 11.8 Å². The summed E-state index contributed by atoms with van der Waals surface area (Å²) in [6, 6.07) is 7.84. The first-order valence-electron chi connectivity index (χ1n) is 9.26. The minimum atomic E-state index is 0.0778. The maximum Gasteiger partial charge on any atom is 0.227 e. The lowest BCUT2D eigenvalue weighted by atomic mass is 10.1. The lowest BCUT2D eigenvalue weighted by Crippen LogP contribution is -2.51. The average molecular weight is 369 g/mol. The predicted octanol–water partition coefficient (Wildman–Crippen LogP) is 1.80. The van der Waals surface area contributed by atoms with Gasteiger partial charge in [-0.1, -0.05) is 17.7 Å². The molecule has 0 N–H and O–H groups in total. The molecule has 1 aliphatic heterocycles. The summed E-state index contributed by atoms with van der Waals surface area (Å²) in [5.74, 6) is 0.938. The van der Waals surface area contributed by atoms with Gasteiger partial charge in [0.2, 0.25) is 11.8 Å². The molecule has 1 saturated heterocycles. The average Bonchev–Trinajstić information content (AvgIpc) is 3.06. The summed E-state index contributed by atoms with van der Waals surface area (Å²) in [5, 5.41) is 0. The number of carbonyl (C=O) groups excluding carboxylic acids is 2. The molecule has 0 atom stereocenters. The maximum absolute atomic E-state index is 12.7. The summed E-state index contributed by atoms with van der Waals surface area (Å²) in [7, 11) is 3.57. The number of nitrogens with zero attached hydrogens (tertiary/aromatic N) is 3. The van der Waals surface area contributed by atoms with E-state index in [1.54, 1.807) is 7.11 Å². The second-order valence-electron chi connectivity index (χ2n) is 7.12. The van der Waals surface area contributed by atoms with E-state index in [1.807, 2.05) is 65.0 Å². The molecular formula is C21H27N3O3. The van der Waals surface area contributed by atoms with Crippen LogP contribution in [0.3, 0.4) is 0 Å². The third-order valence-corrected chi connectivity index (χ3v) is 5.01. The van der Waals surface area contributed by atoms with Crippen molar-refractivity contribution < 1.29 is 14.3 Å². The molecule has 144 valence electrons. The monoisotopic (exact) mass is 369 g/mol. The van der Waals surface area contributed by atoms with Gasteiger partial charge in [0.25, 0.3) is 0 Å². The molecule has 2 amide bonds. The molecule has 0 radical (unpaired) electrons. The molecule has 6 heteroatoms. The Bertz CT molecular complexity index is 820. The van der Waals surface area contributed by atoms with Crippen molar-refractivity contribution in [3.8, 4) is 5.75 Å². The van der Waals surface area contributed by atoms with Crippen LogP contribution >= 0.6 is 0 Å². The first-order valence-corrected chi connectivity index (χ1v) is 9.26. The van der Waals surface area contributed by atoms with Crippen LogP contribution in [0.1, 0.15) is 16.7 Å². The lowest BCUT2D eigenvalue weighted by molar-refractivity contribution is -0.138. The zero-order chi connectivity index (χ0) is 19.4. The van der Waals surface area contributed by atoms with E-state index in [4.69, 9.17) is 4.74 Å². The molecule has 0 saturated carbocycles. The Morgan fingerprint density at radius 2 is 1.63 bits per heavy atom. The Kier molecular flexibility index (Phi) is 5.84. The zero-order valence-electron chi connectivity index (χ0n) is 16.3. The fourth-order valence-electron chi connectivity index (χ4n) is 3.48. The number of carbonyl (C=O) groups is 2. The summed E-state index contributed by atoms with van der Waals surface area (Å²) in [5.41, 5.74) is 3.03. The molecule has 0 aliphatic carbocycles. The van der Waals surface area contributed by atoms with Crippen LogP contribution in [0.4, 0.5) is 0 Å². The molecule has 1 aromatic carbocycles. The summed E-state index contributed by atoms with van der Waals surface area (Å²) in [6.07, 6.45) is 4.64. The Balaban J connectivity index is 1.53. The quantitative estimate of drug-likeness (QED) is 0.808. The summed E-state index contributed by atoms with van der Waals surface area (Å²) in [6.45, 7) is 4.33. The molecule has 1 aliphatic rings. The number of methoxy groups -OCH3 is 1. The van der Waals surface area contributed by atoms with Crippen LogP contribution in [0.25, 0.3) is 0 Å². The number of hydrogen-bond acceptors (Lipinski definition) is 3. The zero-order valence-corrected chi connectivity index (χ0v) is 16.3. The highest BCUT2D eigenvalue weighted by Crippen LogP contribution is 2.21. The summed E-state index contributed by atoms with van der Waals surface area (Å²) < 4.78 is 7.31. The molecule has 0 unspecified atom stereocenters. The van der Waals surface area contributed by atoms with E-state index in [0.29, 0.717) is 39.0 Å². The van der Waals surface area contributed by atoms with Gasteiger partial charge in [-0.05, 0) is 24.6 Å². The van der Waals surface area contributed by atoms with Gasteiger partial charge in [0.1, 0.15) is 5.75 Å². The van der Waals surface area contributed by atoms with Crippen molar-refractivity contribution in [1.29, 1.82) is 0 Å². The molecule has 27 heavy (non-hydrogen) atoms. The van der Waals surface area contributed by atoms with Gasteiger partial charge in [0.15, 0.2) is 0 Å². The van der Waals surface area contributed by atoms with Gasteiger partial charge in [0, 0.05) is 51.2 Å². The van der Waals surface area contributed by atoms with Crippen LogP contribution in [0.15, 0.2) is 36.7 Å². The van der Waals surface area contributed by atoms with Crippen LogP contribution in [-0.4, -0.2) is 59.5 Å². The molecule has 1 fully saturated rings. The maximum atomic E-state index is 12.7. The van der Waals surface area contributed by atoms with E-state index < -0.39 is 0 Å². The van der Waals surface area contributed by atoms with Gasteiger partial charge >= 0.3 is 0 Å². The Morgan fingerprint density at radius 3 is 2.19 bits per heavy atom. The van der Waals surface area contributed by atoms with Gasteiger partial charge in [-0.15, -0.1) is 0 Å². The van der Waals surface area contributed by atoms with E-state index in [1.165, 1.54) is 0 Å². The highest BCUT2D eigenvalue weighted by Gasteiger charge is 2.24. The number of aryl methyl sites for hydroxylation is 2. The molecule has 2 aromatic rings. The van der Waals surface area contributed by atoms with Crippen molar-refractivity contribution >= 4 is 11.8 Å². The van der Waals surface area contributed by atoms with E-state index >= 15 is 0 Å². The summed E-state index contributed by atoms with van der Waals surface area (Å²) in [4.78, 5) is 28.8. The van der Waals surface area contributed by atoms with E-state index in [0.717, 1.165) is 22.4 Å². The van der Waals surface area contributed by atoms with Crippen molar-refractivity contribution in [2.45, 2.75) is 19.8 Å². The fourth-order valence-corrected chi connectivity index (χ4v) is 3.48. The molecule has 3 rings (SSSR count). The Labute approximate surface area is 160 Å². The highest BCUT2D eigenvalue weighted by atomic mass is 16.5. The SMILES string of the molecule is COc1ccc(C)cc1CC(=O)N1CCN(C(=O)Cc2ccn(C)c2)CC1. The second kappa shape index (κ2) is 8.29. The molecular weight excluding hydrogens is 342 g/mol. The fraction of sp³-hybridized carbons (Fsp3) is 0.429. The van der Waals surface area contributed by atoms with Crippen LogP contribution < -0.4 is 4.74 Å². The van der Waals surface area contributed by atoms with Crippen molar-refractivity contribution in [3.63, 3.8) is 0 Å². The number of benzene rings is 1. The van der Waals surface area contributed by atoms with Gasteiger partial charge in [-0.3, -0.25) is 9.59 Å². The first-order chi connectivity index (χ1) is 13.0. The van der Waals surface area contributed by atoms with Crippen molar-refractivity contribution in [1.82, 2.24) is 14.4 Å². The number of aromatic nitrogens is 1. The van der Waals surface area contributed by atoms with E-state index in [9.17, 15) is 9.59 Å². The predicted molar refractivity (Wildman–Crippen MR) is 104 cm³/mol. The molecule has 0 spiro atoms. The standard InChI is InChI=1S/C21H27N3O3/c1-16-4-5-19(27-3)18(12-16)14-21(26)24-10-8-23(9-11-24)20(25)13-17-6-7-22(2)15-17/h4-7,12,15H,8-11,13-14H2,1-3H3. The topological polar surface area (TPSA) is 54.8 Å². The van der Waals surface area contributed by atoms with E-state index in [2.05, 4.69) is 0 Å². The minimum absolute atomic E-state index is 0.0778. The van der Waals surface area contributed by atoms with Crippen molar-refractivity contribution in [3.05, 3.63) is 53.3 Å². The largest absolute Gasteiger partial charge is 0.496 e. The number of ether oxygens (including phenoxy) is 1. The Morgan fingerprint density at radius 1 is 1.00 bits per heavy atom. The third-order valence-electron chi connectivity index (χ3n) is 5.01. The lowest BCUT2D eigenvalue weighted by Gasteiger charge is -2.35. The second-order valence-corrected chi connectivity index (χ2v) is 7.12. The summed E-state index contributed by atoms with van der Waals surface area (Å²) >= 11 is 0. The van der Waals surface area contributed by atoms with Crippen LogP contribution in [-0.2, 0) is 29.5 Å². The Hall–Kier alpha value is -2.76. The van der Waals surface area contributed by atoms with Gasteiger partial charge in [-0.25, -0.2) is 0 Å². The van der Waals surface area contributed by atoms with Crippen molar-refractivity contribution in [2.75, 3.05) is 33.3 Å². The van der Waals surface area contributed by atoms with Crippen molar-refractivity contribution in [2.24, 2.45) is 7.05 Å². The smallest absolute Gasteiger partial charge is 0.227 e. The number of amides is 2. The minimum Gasteiger partial charge on any atom is -0.496 e. The molecule has 1 aromatic heterocycles. The molecule has 2 heterocycles. The number of rotatable bonds is 5. The molecule has 6 nitrogen and oxygen atoms in total. The highest BCUT2D eigenvalue weighted by molar-refractivity contribution is 5.81. The first kappa shape index (κ1) is 19.0. The van der Waals surface area contributed by atoms with Crippen LogP contribution in [0.5, 0.6) is 5.75 Å². The van der Waals surface area contributed by atoms with Crippen LogP contribution in [0.2, 0.25) is 0 Å². The third kappa shape index (κ3) is 4.70.